The molecule has 1 aromatic heterocycles. The van der Waals surface area contributed by atoms with Crippen molar-refractivity contribution in [1.29, 1.82) is 0 Å². The molecule has 0 aliphatic carbocycles. The molecule has 31 heavy (non-hydrogen) atoms. The minimum absolute atomic E-state index is 0.169. The number of halogens is 1. The molecule has 1 aliphatic rings. The van der Waals surface area contributed by atoms with Crippen LogP contribution >= 0.6 is 0 Å². The number of allylic oxidation sites excluding steroid dienone is 1. The van der Waals surface area contributed by atoms with Crippen LogP contribution in [-0.2, 0) is 0 Å². The standard InChI is InChI=1S/C25H21FN4O/c1-2-31-21-14-10-18(11-15-21)23-16-22(17-8-12-20(26)13-9-17)27-25-28-24(29-30(23)25)19-6-4-3-5-7-19/h3-16,23H,2H2,1H3,(H,27,28,29)/t23-/m0/s1. The molecular formula is C25H21FN4O. The van der Waals surface area contributed by atoms with Crippen LogP contribution in [0.15, 0.2) is 84.9 Å². The van der Waals surface area contributed by atoms with E-state index >= 15 is 0 Å². The summed E-state index contributed by atoms with van der Waals surface area (Å²) in [5, 5.41) is 8.14. The molecule has 0 amide bonds. The first kappa shape index (κ1) is 19.1. The van der Waals surface area contributed by atoms with Gasteiger partial charge in [0.05, 0.1) is 6.61 Å². The Kier molecular flexibility index (Phi) is 4.96. The first-order valence-corrected chi connectivity index (χ1v) is 10.2. The van der Waals surface area contributed by atoms with Crippen molar-refractivity contribution < 1.29 is 9.13 Å². The molecule has 0 saturated carbocycles. The lowest BCUT2D eigenvalue weighted by Crippen LogP contribution is -2.20. The number of rotatable bonds is 5. The fraction of sp³-hybridized carbons (Fsp3) is 0.120. The predicted molar refractivity (Wildman–Crippen MR) is 119 cm³/mol. The Balaban J connectivity index is 1.59. The Hall–Kier alpha value is -3.93. The van der Waals surface area contributed by atoms with Crippen LogP contribution in [0.4, 0.5) is 10.3 Å². The third-order valence-electron chi connectivity index (χ3n) is 5.19. The summed E-state index contributed by atoms with van der Waals surface area (Å²) in [4.78, 5) is 4.74. The van der Waals surface area contributed by atoms with Crippen molar-refractivity contribution in [3.05, 3.63) is 102 Å². The lowest BCUT2D eigenvalue weighted by molar-refractivity contribution is 0.340. The van der Waals surface area contributed by atoms with Gasteiger partial charge >= 0.3 is 0 Å². The second-order valence-corrected chi connectivity index (χ2v) is 7.23. The number of ether oxygens (including phenoxy) is 1. The van der Waals surface area contributed by atoms with Crippen molar-refractivity contribution in [1.82, 2.24) is 14.8 Å². The Labute approximate surface area is 179 Å². The number of benzene rings is 3. The number of hydrogen-bond donors (Lipinski definition) is 1. The van der Waals surface area contributed by atoms with Gasteiger partial charge in [-0.05, 0) is 60.5 Å². The molecule has 154 valence electrons. The summed E-state index contributed by atoms with van der Waals surface area (Å²) in [6, 6.07) is 24.1. The van der Waals surface area contributed by atoms with Crippen molar-refractivity contribution in [2.45, 2.75) is 13.0 Å². The van der Waals surface area contributed by atoms with Gasteiger partial charge in [0.2, 0.25) is 5.95 Å². The van der Waals surface area contributed by atoms with Gasteiger partial charge in [-0.2, -0.15) is 4.98 Å². The van der Waals surface area contributed by atoms with Gasteiger partial charge in [-0.25, -0.2) is 9.07 Å². The van der Waals surface area contributed by atoms with Crippen LogP contribution in [0.25, 0.3) is 17.1 Å². The second kappa shape index (κ2) is 8.07. The first-order chi connectivity index (χ1) is 15.2. The molecule has 0 fully saturated rings. The first-order valence-electron chi connectivity index (χ1n) is 10.2. The molecule has 1 N–H and O–H groups in total. The highest BCUT2D eigenvalue weighted by atomic mass is 19.1. The van der Waals surface area contributed by atoms with Gasteiger partial charge in [-0.3, -0.25) is 0 Å². The molecule has 6 heteroatoms. The smallest absolute Gasteiger partial charge is 0.227 e. The monoisotopic (exact) mass is 412 g/mol. The van der Waals surface area contributed by atoms with Crippen LogP contribution in [0, 0.1) is 5.82 Å². The number of anilines is 1. The average molecular weight is 412 g/mol. The minimum atomic E-state index is -0.266. The molecule has 5 nitrogen and oxygen atoms in total. The average Bonchev–Trinajstić information content (AvgIpc) is 3.25. The highest BCUT2D eigenvalue weighted by Crippen LogP contribution is 2.34. The fourth-order valence-electron chi connectivity index (χ4n) is 3.67. The maximum Gasteiger partial charge on any atom is 0.227 e. The van der Waals surface area contributed by atoms with Crippen LogP contribution in [0.1, 0.15) is 24.1 Å². The summed E-state index contributed by atoms with van der Waals surface area (Å²) in [6.07, 6.45) is 2.08. The Morgan fingerprint density at radius 2 is 1.68 bits per heavy atom. The molecular weight excluding hydrogens is 391 g/mol. The molecule has 1 atom stereocenters. The fourth-order valence-corrected chi connectivity index (χ4v) is 3.67. The summed E-state index contributed by atoms with van der Waals surface area (Å²) in [6.45, 7) is 2.58. The van der Waals surface area contributed by atoms with Crippen molar-refractivity contribution in [2.75, 3.05) is 11.9 Å². The zero-order chi connectivity index (χ0) is 21.2. The summed E-state index contributed by atoms with van der Waals surface area (Å²) in [7, 11) is 0. The third kappa shape index (κ3) is 3.80. The van der Waals surface area contributed by atoms with Crippen LogP contribution in [0.2, 0.25) is 0 Å². The van der Waals surface area contributed by atoms with E-state index in [1.807, 2.05) is 66.2 Å². The summed E-state index contributed by atoms with van der Waals surface area (Å²) < 4.78 is 20.9. The van der Waals surface area contributed by atoms with Crippen molar-refractivity contribution in [2.24, 2.45) is 0 Å². The molecule has 0 spiro atoms. The number of fused-ring (bicyclic) bond motifs is 1. The highest BCUT2D eigenvalue weighted by Gasteiger charge is 2.25. The number of nitrogens with zero attached hydrogens (tertiary/aromatic N) is 3. The molecule has 3 aromatic carbocycles. The lowest BCUT2D eigenvalue weighted by Gasteiger charge is -2.24. The molecule has 0 unspecified atom stereocenters. The van der Waals surface area contributed by atoms with Gasteiger partial charge in [0.15, 0.2) is 5.82 Å². The maximum absolute atomic E-state index is 13.4. The van der Waals surface area contributed by atoms with Crippen LogP contribution in [-0.4, -0.2) is 21.4 Å². The van der Waals surface area contributed by atoms with E-state index in [2.05, 4.69) is 11.4 Å². The van der Waals surface area contributed by atoms with E-state index < -0.39 is 0 Å². The minimum Gasteiger partial charge on any atom is -0.494 e. The molecule has 1 aliphatic heterocycles. The zero-order valence-corrected chi connectivity index (χ0v) is 17.0. The molecule has 0 radical (unpaired) electrons. The second-order valence-electron chi connectivity index (χ2n) is 7.23. The summed E-state index contributed by atoms with van der Waals surface area (Å²) in [5.41, 5.74) is 3.74. The van der Waals surface area contributed by atoms with Crippen LogP contribution in [0.3, 0.4) is 0 Å². The van der Waals surface area contributed by atoms with Crippen LogP contribution < -0.4 is 10.1 Å². The normalized spacial score (nSPS) is 15.0. The lowest BCUT2D eigenvalue weighted by atomic mass is 10.0. The molecule has 5 rings (SSSR count). The third-order valence-corrected chi connectivity index (χ3v) is 5.19. The van der Waals surface area contributed by atoms with Crippen molar-refractivity contribution in [3.8, 4) is 17.1 Å². The Morgan fingerprint density at radius 3 is 2.39 bits per heavy atom. The van der Waals surface area contributed by atoms with E-state index in [0.717, 1.165) is 28.1 Å². The van der Waals surface area contributed by atoms with E-state index in [0.29, 0.717) is 18.4 Å². The van der Waals surface area contributed by atoms with E-state index in [1.165, 1.54) is 12.1 Å². The van der Waals surface area contributed by atoms with Gasteiger partial charge in [-0.15, -0.1) is 5.10 Å². The quantitative estimate of drug-likeness (QED) is 0.468. The van der Waals surface area contributed by atoms with E-state index in [-0.39, 0.29) is 11.9 Å². The summed E-state index contributed by atoms with van der Waals surface area (Å²) >= 11 is 0. The van der Waals surface area contributed by atoms with Gasteiger partial charge in [-0.1, -0.05) is 42.5 Å². The van der Waals surface area contributed by atoms with Gasteiger partial charge < -0.3 is 10.1 Å². The molecule has 2 heterocycles. The number of aromatic nitrogens is 3. The Morgan fingerprint density at radius 1 is 0.935 bits per heavy atom. The van der Waals surface area contributed by atoms with E-state index in [1.54, 1.807) is 12.1 Å². The topological polar surface area (TPSA) is 52.0 Å². The van der Waals surface area contributed by atoms with Gasteiger partial charge in [0.25, 0.3) is 0 Å². The number of hydrogen-bond acceptors (Lipinski definition) is 4. The SMILES string of the molecule is CCOc1ccc([C@@H]2C=C(c3ccc(F)cc3)Nc3nc(-c4ccccc4)nn32)cc1. The number of nitrogens with one attached hydrogen (secondary N) is 1. The highest BCUT2D eigenvalue weighted by molar-refractivity contribution is 5.77. The maximum atomic E-state index is 13.4. The van der Waals surface area contributed by atoms with Gasteiger partial charge in [0, 0.05) is 11.3 Å². The van der Waals surface area contributed by atoms with Crippen molar-refractivity contribution in [3.63, 3.8) is 0 Å². The Bertz CT molecular complexity index is 1210. The molecule has 4 aromatic rings. The van der Waals surface area contributed by atoms with E-state index in [9.17, 15) is 4.39 Å². The van der Waals surface area contributed by atoms with Crippen LogP contribution in [0.5, 0.6) is 5.75 Å². The van der Waals surface area contributed by atoms with Gasteiger partial charge in [0.1, 0.15) is 17.6 Å². The van der Waals surface area contributed by atoms with Crippen molar-refractivity contribution >= 4 is 11.6 Å². The molecule has 0 saturated heterocycles. The molecule has 0 bridgehead atoms. The van der Waals surface area contributed by atoms with E-state index in [4.69, 9.17) is 14.8 Å². The predicted octanol–water partition coefficient (Wildman–Crippen LogP) is 5.54. The zero-order valence-electron chi connectivity index (χ0n) is 17.0. The summed E-state index contributed by atoms with van der Waals surface area (Å²) in [5.74, 6) is 1.84. The largest absolute Gasteiger partial charge is 0.494 e.